The summed E-state index contributed by atoms with van der Waals surface area (Å²) in [4.78, 5) is 25.4. The third kappa shape index (κ3) is 6.35. The van der Waals surface area contributed by atoms with Crippen LogP contribution in [0.15, 0.2) is 53.0 Å². The molecule has 0 saturated carbocycles. The molecular formula is C22H24BrN5O2S. The molecule has 3 aromatic rings. The smallest absolute Gasteiger partial charge is 0.319 e. The number of amides is 3. The molecule has 2 unspecified atom stereocenters. The van der Waals surface area contributed by atoms with Gasteiger partial charge in [-0.2, -0.15) is 0 Å². The van der Waals surface area contributed by atoms with Crippen LogP contribution in [-0.4, -0.2) is 28.2 Å². The second-order valence-corrected chi connectivity index (χ2v) is 9.13. The Balaban J connectivity index is 1.66. The topological polar surface area (TPSA) is 96.0 Å². The van der Waals surface area contributed by atoms with Gasteiger partial charge < -0.3 is 10.6 Å². The van der Waals surface area contributed by atoms with Crippen LogP contribution in [-0.2, 0) is 4.79 Å². The number of aromatic nitrogens is 2. The Labute approximate surface area is 193 Å². The first-order chi connectivity index (χ1) is 14.9. The molecule has 0 bridgehead atoms. The summed E-state index contributed by atoms with van der Waals surface area (Å²) in [6, 6.07) is 14.0. The van der Waals surface area contributed by atoms with Gasteiger partial charge in [0.1, 0.15) is 11.0 Å². The van der Waals surface area contributed by atoms with Crippen molar-refractivity contribution in [3.63, 3.8) is 0 Å². The Kier molecular flexibility index (Phi) is 7.75. The monoisotopic (exact) mass is 501 g/mol. The Morgan fingerprint density at radius 2 is 1.71 bits per heavy atom. The van der Waals surface area contributed by atoms with E-state index in [-0.39, 0.29) is 11.8 Å². The minimum atomic E-state index is -0.716. The molecule has 1 heterocycles. The summed E-state index contributed by atoms with van der Waals surface area (Å²) in [5, 5.41) is 17.7. The van der Waals surface area contributed by atoms with Crippen LogP contribution in [0.4, 0.5) is 15.6 Å². The number of carbonyl (C=O) groups is 2. The van der Waals surface area contributed by atoms with Crippen LogP contribution in [0.1, 0.15) is 25.8 Å². The van der Waals surface area contributed by atoms with Gasteiger partial charge in [0.15, 0.2) is 0 Å². The lowest BCUT2D eigenvalue weighted by atomic mass is 9.98. The van der Waals surface area contributed by atoms with Crippen LogP contribution in [0, 0.1) is 12.8 Å². The predicted molar refractivity (Wildman–Crippen MR) is 128 cm³/mol. The lowest BCUT2D eigenvalue weighted by Gasteiger charge is -2.23. The first kappa shape index (κ1) is 22.9. The van der Waals surface area contributed by atoms with E-state index < -0.39 is 12.1 Å². The summed E-state index contributed by atoms with van der Waals surface area (Å²) < 4.78 is 0.914. The van der Waals surface area contributed by atoms with Crippen molar-refractivity contribution >= 4 is 50.0 Å². The number of rotatable bonds is 7. The second kappa shape index (κ2) is 10.5. The zero-order valence-electron chi connectivity index (χ0n) is 17.5. The molecule has 7 nitrogen and oxygen atoms in total. The number of halogens is 1. The second-order valence-electron chi connectivity index (χ2n) is 7.24. The van der Waals surface area contributed by atoms with Crippen molar-refractivity contribution in [3.05, 3.63) is 58.6 Å². The van der Waals surface area contributed by atoms with Crippen LogP contribution in [0.2, 0.25) is 0 Å². The fourth-order valence-corrected chi connectivity index (χ4v) is 3.83. The number of benzene rings is 2. The molecule has 3 rings (SSSR count). The van der Waals surface area contributed by atoms with E-state index in [1.807, 2.05) is 57.2 Å². The van der Waals surface area contributed by atoms with E-state index in [1.54, 1.807) is 12.1 Å². The lowest BCUT2D eigenvalue weighted by Crippen LogP contribution is -2.49. The van der Waals surface area contributed by atoms with Gasteiger partial charge in [-0.25, -0.2) is 4.79 Å². The summed E-state index contributed by atoms with van der Waals surface area (Å²) in [5.74, 6) is -0.396. The molecule has 3 amide bonds. The molecule has 2 aromatic carbocycles. The van der Waals surface area contributed by atoms with Gasteiger partial charge in [0, 0.05) is 15.7 Å². The van der Waals surface area contributed by atoms with E-state index in [0.717, 1.165) is 27.0 Å². The van der Waals surface area contributed by atoms with Crippen molar-refractivity contribution in [2.75, 3.05) is 10.6 Å². The first-order valence-corrected chi connectivity index (χ1v) is 11.5. The fraction of sp³-hybridized carbons (Fsp3) is 0.273. The zero-order chi connectivity index (χ0) is 22.4. The molecule has 1 aromatic heterocycles. The normalized spacial score (nSPS) is 12.6. The SMILES string of the molecule is CCC(C)C(NC(=O)Nc1ccc(Br)cc1)C(=O)Nc1nnc(-c2ccc(C)cc2)s1. The number of nitrogens with zero attached hydrogens (tertiary/aromatic N) is 2. The molecular weight excluding hydrogens is 478 g/mol. The van der Waals surface area contributed by atoms with Gasteiger partial charge in [-0.15, -0.1) is 10.2 Å². The average molecular weight is 502 g/mol. The van der Waals surface area contributed by atoms with Crippen LogP contribution in [0.25, 0.3) is 10.6 Å². The molecule has 0 aliphatic rings. The number of aryl methyl sites for hydroxylation is 1. The van der Waals surface area contributed by atoms with Crippen molar-refractivity contribution in [3.8, 4) is 10.6 Å². The number of anilines is 2. The lowest BCUT2D eigenvalue weighted by molar-refractivity contribution is -0.119. The summed E-state index contributed by atoms with van der Waals surface area (Å²) in [6.07, 6.45) is 0.724. The highest BCUT2D eigenvalue weighted by Crippen LogP contribution is 2.27. The number of urea groups is 1. The molecule has 0 spiro atoms. The van der Waals surface area contributed by atoms with Gasteiger partial charge in [-0.05, 0) is 37.1 Å². The van der Waals surface area contributed by atoms with Crippen molar-refractivity contribution in [1.29, 1.82) is 0 Å². The van der Waals surface area contributed by atoms with E-state index >= 15 is 0 Å². The molecule has 0 saturated heterocycles. The number of hydrogen-bond donors (Lipinski definition) is 3. The highest BCUT2D eigenvalue weighted by Gasteiger charge is 2.27. The van der Waals surface area contributed by atoms with E-state index in [2.05, 4.69) is 42.1 Å². The van der Waals surface area contributed by atoms with Gasteiger partial charge in [0.05, 0.1) is 0 Å². The van der Waals surface area contributed by atoms with E-state index in [1.165, 1.54) is 11.3 Å². The maximum atomic E-state index is 12.9. The van der Waals surface area contributed by atoms with Crippen molar-refractivity contribution in [1.82, 2.24) is 15.5 Å². The van der Waals surface area contributed by atoms with E-state index in [4.69, 9.17) is 0 Å². The first-order valence-electron chi connectivity index (χ1n) is 9.90. The third-order valence-electron chi connectivity index (χ3n) is 4.84. The number of carbonyl (C=O) groups excluding carboxylic acids is 2. The van der Waals surface area contributed by atoms with Gasteiger partial charge in [-0.3, -0.25) is 10.1 Å². The van der Waals surface area contributed by atoms with E-state index in [9.17, 15) is 9.59 Å². The summed E-state index contributed by atoms with van der Waals surface area (Å²) in [6.45, 7) is 5.91. The molecule has 0 radical (unpaired) electrons. The van der Waals surface area contributed by atoms with Gasteiger partial charge in [0.25, 0.3) is 0 Å². The average Bonchev–Trinajstić information content (AvgIpc) is 3.22. The van der Waals surface area contributed by atoms with Crippen LogP contribution in [0.5, 0.6) is 0 Å². The molecule has 31 heavy (non-hydrogen) atoms. The fourth-order valence-electron chi connectivity index (χ4n) is 2.81. The van der Waals surface area contributed by atoms with E-state index in [0.29, 0.717) is 10.8 Å². The van der Waals surface area contributed by atoms with Crippen LogP contribution >= 0.6 is 27.3 Å². The summed E-state index contributed by atoms with van der Waals surface area (Å²) >= 11 is 4.65. The summed E-state index contributed by atoms with van der Waals surface area (Å²) in [5.41, 5.74) is 2.73. The van der Waals surface area contributed by atoms with Crippen molar-refractivity contribution in [2.24, 2.45) is 5.92 Å². The minimum Gasteiger partial charge on any atom is -0.326 e. The maximum absolute atomic E-state index is 12.9. The molecule has 162 valence electrons. The minimum absolute atomic E-state index is 0.0693. The molecule has 0 fully saturated rings. The number of nitrogens with one attached hydrogen (secondary N) is 3. The Hall–Kier alpha value is -2.78. The molecule has 2 atom stereocenters. The molecule has 0 aliphatic heterocycles. The molecule has 9 heteroatoms. The zero-order valence-corrected chi connectivity index (χ0v) is 19.9. The van der Waals surface area contributed by atoms with Crippen molar-refractivity contribution < 1.29 is 9.59 Å². The van der Waals surface area contributed by atoms with Crippen LogP contribution in [0.3, 0.4) is 0 Å². The van der Waals surface area contributed by atoms with Gasteiger partial charge in [0.2, 0.25) is 11.0 Å². The van der Waals surface area contributed by atoms with Gasteiger partial charge >= 0.3 is 6.03 Å². The Bertz CT molecular complexity index is 1040. The number of hydrogen-bond acceptors (Lipinski definition) is 5. The maximum Gasteiger partial charge on any atom is 0.319 e. The standard InChI is InChI=1S/C22H24BrN5O2S/c1-4-14(3)18(25-21(30)24-17-11-9-16(23)10-12-17)19(29)26-22-28-27-20(31-22)15-7-5-13(2)6-8-15/h5-12,14,18H,4H2,1-3H3,(H2,24,25,30)(H,26,28,29). The quantitative estimate of drug-likeness (QED) is 0.400. The molecule has 0 aliphatic carbocycles. The molecule has 3 N–H and O–H groups in total. The van der Waals surface area contributed by atoms with Crippen molar-refractivity contribution in [2.45, 2.75) is 33.2 Å². The Morgan fingerprint density at radius 3 is 2.35 bits per heavy atom. The largest absolute Gasteiger partial charge is 0.326 e. The van der Waals surface area contributed by atoms with Crippen LogP contribution < -0.4 is 16.0 Å². The summed E-state index contributed by atoms with van der Waals surface area (Å²) in [7, 11) is 0. The highest BCUT2D eigenvalue weighted by molar-refractivity contribution is 9.10. The van der Waals surface area contributed by atoms with Gasteiger partial charge in [-0.1, -0.05) is 77.4 Å². The highest BCUT2D eigenvalue weighted by atomic mass is 79.9. The Morgan fingerprint density at radius 1 is 1.03 bits per heavy atom. The third-order valence-corrected chi connectivity index (χ3v) is 6.25. The predicted octanol–water partition coefficient (Wildman–Crippen LogP) is 5.45.